The van der Waals surface area contributed by atoms with E-state index in [9.17, 15) is 9.59 Å². The van der Waals surface area contributed by atoms with Crippen molar-refractivity contribution in [2.45, 2.75) is 39.2 Å². The Labute approximate surface area is 146 Å². The van der Waals surface area contributed by atoms with Gasteiger partial charge in [-0.3, -0.25) is 9.59 Å². The molecule has 1 unspecified atom stereocenters. The van der Waals surface area contributed by atoms with Crippen molar-refractivity contribution in [1.29, 1.82) is 0 Å². The van der Waals surface area contributed by atoms with Crippen molar-refractivity contribution in [3.63, 3.8) is 0 Å². The molecule has 1 aliphatic heterocycles. The van der Waals surface area contributed by atoms with Crippen LogP contribution in [0.5, 0.6) is 0 Å². The van der Waals surface area contributed by atoms with Crippen molar-refractivity contribution in [3.8, 4) is 0 Å². The molecule has 24 heavy (non-hydrogen) atoms. The zero-order valence-corrected chi connectivity index (χ0v) is 15.4. The summed E-state index contributed by atoms with van der Waals surface area (Å²) in [4.78, 5) is 26.9. The highest BCUT2D eigenvalue weighted by Gasteiger charge is 2.29. The zero-order valence-electron chi connectivity index (χ0n) is 14.5. The Hall–Kier alpha value is -1.82. The number of hydrogen-bond donors (Lipinski definition) is 1. The van der Waals surface area contributed by atoms with E-state index in [2.05, 4.69) is 12.2 Å². The molecule has 1 aliphatic rings. The van der Waals surface area contributed by atoms with Crippen LogP contribution in [-0.2, 0) is 11.8 Å². The lowest BCUT2D eigenvalue weighted by Crippen LogP contribution is -2.45. The van der Waals surface area contributed by atoms with Gasteiger partial charge in [-0.25, -0.2) is 0 Å². The quantitative estimate of drug-likeness (QED) is 0.924. The first-order valence-electron chi connectivity index (χ1n) is 8.63. The molecule has 0 bridgehead atoms. The van der Waals surface area contributed by atoms with E-state index < -0.39 is 0 Å². The lowest BCUT2D eigenvalue weighted by Gasteiger charge is -2.32. The molecule has 5 nitrogen and oxygen atoms in total. The summed E-state index contributed by atoms with van der Waals surface area (Å²) in [5, 5.41) is 5.10. The fourth-order valence-corrected chi connectivity index (χ4v) is 4.07. The fraction of sp³-hybridized carbons (Fsp3) is 0.556. The highest BCUT2D eigenvalue weighted by Crippen LogP contribution is 2.26. The van der Waals surface area contributed by atoms with Gasteiger partial charge in [0, 0.05) is 32.1 Å². The molecule has 1 saturated heterocycles. The molecule has 0 spiro atoms. The number of carbonyl (C=O) groups excluding carboxylic acids is 2. The molecule has 0 aliphatic carbocycles. The highest BCUT2D eigenvalue weighted by atomic mass is 32.1. The Balaban J connectivity index is 1.62. The Morgan fingerprint density at radius 3 is 2.71 bits per heavy atom. The van der Waals surface area contributed by atoms with Crippen LogP contribution in [0.2, 0.25) is 0 Å². The van der Waals surface area contributed by atoms with Gasteiger partial charge in [-0.1, -0.05) is 6.92 Å². The van der Waals surface area contributed by atoms with E-state index in [-0.39, 0.29) is 23.8 Å². The van der Waals surface area contributed by atoms with Crippen LogP contribution in [0.15, 0.2) is 17.5 Å². The van der Waals surface area contributed by atoms with Crippen LogP contribution in [0.25, 0.3) is 10.2 Å². The van der Waals surface area contributed by atoms with Gasteiger partial charge in [0.2, 0.25) is 5.91 Å². The molecule has 2 aromatic heterocycles. The standard InChI is InChI=1S/C18H25N3O2S/c1-4-12(2)19-17(22)13-5-8-21(9-6-13)18(23)15-11-16-14(20(15)3)7-10-24-16/h7,10-13H,4-6,8-9H2,1-3H3,(H,19,22). The summed E-state index contributed by atoms with van der Waals surface area (Å²) in [6.45, 7) is 5.39. The van der Waals surface area contributed by atoms with Gasteiger partial charge in [0.25, 0.3) is 5.91 Å². The number of fused-ring (bicyclic) bond motifs is 1. The van der Waals surface area contributed by atoms with E-state index in [0.717, 1.165) is 35.2 Å². The van der Waals surface area contributed by atoms with Crippen molar-refractivity contribution in [3.05, 3.63) is 23.2 Å². The summed E-state index contributed by atoms with van der Waals surface area (Å²) in [6.07, 6.45) is 2.42. The molecular formula is C18H25N3O2S. The second-order valence-electron chi connectivity index (χ2n) is 6.64. The Kier molecular flexibility index (Phi) is 4.94. The Morgan fingerprint density at radius 1 is 1.38 bits per heavy atom. The third kappa shape index (κ3) is 3.20. The van der Waals surface area contributed by atoms with E-state index in [1.807, 2.05) is 41.0 Å². The number of rotatable bonds is 4. The van der Waals surface area contributed by atoms with Gasteiger partial charge in [0.05, 0.1) is 10.2 Å². The van der Waals surface area contributed by atoms with E-state index >= 15 is 0 Å². The summed E-state index contributed by atoms with van der Waals surface area (Å²) < 4.78 is 3.11. The molecule has 6 heteroatoms. The second-order valence-corrected chi connectivity index (χ2v) is 7.59. The molecule has 1 fully saturated rings. The van der Waals surface area contributed by atoms with Crippen molar-refractivity contribution >= 4 is 33.4 Å². The Morgan fingerprint density at radius 2 is 2.08 bits per heavy atom. The number of aryl methyl sites for hydroxylation is 1. The topological polar surface area (TPSA) is 54.3 Å². The van der Waals surface area contributed by atoms with Crippen molar-refractivity contribution in [2.75, 3.05) is 13.1 Å². The first-order chi connectivity index (χ1) is 11.5. The maximum atomic E-state index is 12.8. The smallest absolute Gasteiger partial charge is 0.270 e. The largest absolute Gasteiger partial charge is 0.353 e. The molecule has 3 heterocycles. The van der Waals surface area contributed by atoms with E-state index in [0.29, 0.717) is 13.1 Å². The van der Waals surface area contributed by atoms with Crippen LogP contribution in [0.4, 0.5) is 0 Å². The summed E-state index contributed by atoms with van der Waals surface area (Å²) in [7, 11) is 1.94. The van der Waals surface area contributed by atoms with Crippen LogP contribution in [-0.4, -0.2) is 40.4 Å². The monoisotopic (exact) mass is 347 g/mol. The number of likely N-dealkylation sites (tertiary alicyclic amines) is 1. The van der Waals surface area contributed by atoms with Crippen LogP contribution < -0.4 is 5.32 Å². The molecule has 3 rings (SSSR count). The van der Waals surface area contributed by atoms with Gasteiger partial charge in [-0.2, -0.15) is 0 Å². The van der Waals surface area contributed by atoms with Gasteiger partial charge in [-0.05, 0) is 43.7 Å². The van der Waals surface area contributed by atoms with Crippen LogP contribution in [0, 0.1) is 5.92 Å². The van der Waals surface area contributed by atoms with Crippen molar-refractivity contribution in [1.82, 2.24) is 14.8 Å². The molecule has 0 aromatic carbocycles. The number of nitrogens with zero attached hydrogens (tertiary/aromatic N) is 2. The molecular weight excluding hydrogens is 322 g/mol. The predicted octanol–water partition coefficient (Wildman–Crippen LogP) is 3.01. The molecule has 0 radical (unpaired) electrons. The maximum Gasteiger partial charge on any atom is 0.270 e. The Bertz CT molecular complexity index is 741. The lowest BCUT2D eigenvalue weighted by molar-refractivity contribution is -0.126. The van der Waals surface area contributed by atoms with Crippen LogP contribution >= 0.6 is 11.3 Å². The van der Waals surface area contributed by atoms with Gasteiger partial charge < -0.3 is 14.8 Å². The summed E-state index contributed by atoms with van der Waals surface area (Å²) in [6, 6.07) is 4.24. The SMILES string of the molecule is CCC(C)NC(=O)C1CCN(C(=O)c2cc3sccc3n2C)CC1. The van der Waals surface area contributed by atoms with Gasteiger partial charge in [-0.15, -0.1) is 11.3 Å². The number of aromatic nitrogens is 1. The average molecular weight is 347 g/mol. The van der Waals surface area contributed by atoms with E-state index in [1.54, 1.807) is 11.3 Å². The second kappa shape index (κ2) is 6.97. The minimum absolute atomic E-state index is 0.0277. The minimum atomic E-state index is 0.0277. The number of carbonyl (C=O) groups is 2. The van der Waals surface area contributed by atoms with Gasteiger partial charge >= 0.3 is 0 Å². The average Bonchev–Trinajstić information content (AvgIpc) is 3.17. The van der Waals surface area contributed by atoms with Gasteiger partial charge in [0.1, 0.15) is 5.69 Å². The summed E-state index contributed by atoms with van der Waals surface area (Å²) in [5.41, 5.74) is 1.84. The zero-order chi connectivity index (χ0) is 17.3. The molecule has 1 N–H and O–H groups in total. The predicted molar refractivity (Wildman–Crippen MR) is 97.3 cm³/mol. The third-order valence-electron chi connectivity index (χ3n) is 5.04. The van der Waals surface area contributed by atoms with Crippen molar-refractivity contribution < 1.29 is 9.59 Å². The van der Waals surface area contributed by atoms with Crippen molar-refractivity contribution in [2.24, 2.45) is 13.0 Å². The molecule has 2 aromatic rings. The first-order valence-corrected chi connectivity index (χ1v) is 9.51. The number of piperidine rings is 1. The molecule has 0 saturated carbocycles. The first kappa shape index (κ1) is 17.0. The number of amides is 2. The highest BCUT2D eigenvalue weighted by molar-refractivity contribution is 7.17. The lowest BCUT2D eigenvalue weighted by atomic mass is 9.95. The number of hydrogen-bond acceptors (Lipinski definition) is 3. The third-order valence-corrected chi connectivity index (χ3v) is 5.89. The fourth-order valence-electron chi connectivity index (χ4n) is 3.22. The van der Waals surface area contributed by atoms with E-state index in [1.165, 1.54) is 0 Å². The number of thiophene rings is 1. The molecule has 1 atom stereocenters. The van der Waals surface area contributed by atoms with E-state index in [4.69, 9.17) is 0 Å². The van der Waals surface area contributed by atoms with Crippen LogP contribution in [0.3, 0.4) is 0 Å². The minimum Gasteiger partial charge on any atom is -0.353 e. The van der Waals surface area contributed by atoms with Gasteiger partial charge in [0.15, 0.2) is 0 Å². The normalized spacial score (nSPS) is 17.2. The molecule has 2 amide bonds. The maximum absolute atomic E-state index is 12.8. The number of nitrogens with one attached hydrogen (secondary N) is 1. The molecule has 130 valence electrons. The van der Waals surface area contributed by atoms with Crippen LogP contribution in [0.1, 0.15) is 43.6 Å². The summed E-state index contributed by atoms with van der Waals surface area (Å²) >= 11 is 1.65. The summed E-state index contributed by atoms with van der Waals surface area (Å²) in [5.74, 6) is 0.234.